The first kappa shape index (κ1) is 20.0. The molecular formula is C20H21Cl2N3O4. The van der Waals surface area contributed by atoms with Crippen molar-refractivity contribution in [2.24, 2.45) is 5.92 Å². The van der Waals surface area contributed by atoms with Crippen LogP contribution in [0.15, 0.2) is 18.3 Å². The van der Waals surface area contributed by atoms with Crippen LogP contribution < -0.4 is 0 Å². The molecule has 2 aromatic rings. The number of hydrogen-bond donors (Lipinski definition) is 1. The van der Waals surface area contributed by atoms with Gasteiger partial charge >= 0.3 is 6.09 Å². The Morgan fingerprint density at radius 1 is 1.31 bits per heavy atom. The Balaban J connectivity index is 1.46. The number of phenols is 1. The number of nitrogens with zero attached hydrogens (tertiary/aromatic N) is 3. The zero-order valence-corrected chi connectivity index (χ0v) is 17.4. The SMILES string of the molecule is COC(=O)n1cc2c(n1)CCC(N1CC[C@@H](Cc3c(Cl)cc(O)cc3Cl)C1=O)C2. The van der Waals surface area contributed by atoms with Gasteiger partial charge in [-0.3, -0.25) is 4.79 Å². The third-order valence-corrected chi connectivity index (χ3v) is 6.45. The number of aromatic hydroxyl groups is 1. The first-order valence-corrected chi connectivity index (χ1v) is 10.3. The summed E-state index contributed by atoms with van der Waals surface area (Å²) in [6.45, 7) is 0.683. The second-order valence-corrected chi connectivity index (χ2v) is 8.34. The van der Waals surface area contributed by atoms with E-state index in [4.69, 9.17) is 27.9 Å². The molecule has 7 nitrogen and oxygen atoms in total. The molecule has 154 valence electrons. The number of hydrogen-bond acceptors (Lipinski definition) is 5. The Morgan fingerprint density at radius 3 is 2.72 bits per heavy atom. The topological polar surface area (TPSA) is 84.7 Å². The van der Waals surface area contributed by atoms with Crippen molar-refractivity contribution in [2.45, 2.75) is 38.1 Å². The molecule has 2 atom stereocenters. The van der Waals surface area contributed by atoms with Crippen molar-refractivity contribution in [1.82, 2.24) is 14.7 Å². The highest BCUT2D eigenvalue weighted by atomic mass is 35.5. The molecule has 0 radical (unpaired) electrons. The molecule has 1 aliphatic carbocycles. The molecule has 1 aromatic heterocycles. The third kappa shape index (κ3) is 3.81. The Hall–Kier alpha value is -2.25. The molecule has 2 aliphatic rings. The number of benzene rings is 1. The average Bonchev–Trinajstić information content (AvgIpc) is 3.27. The van der Waals surface area contributed by atoms with Gasteiger partial charge in [-0.1, -0.05) is 23.2 Å². The fraction of sp³-hybridized carbons (Fsp3) is 0.450. The number of halogens is 2. The van der Waals surface area contributed by atoms with Gasteiger partial charge in [0.25, 0.3) is 0 Å². The highest BCUT2D eigenvalue weighted by Crippen LogP contribution is 2.35. The van der Waals surface area contributed by atoms with Gasteiger partial charge in [-0.15, -0.1) is 0 Å². The predicted octanol–water partition coefficient (Wildman–Crippen LogP) is 3.46. The third-order valence-electron chi connectivity index (χ3n) is 5.78. The smallest absolute Gasteiger partial charge is 0.434 e. The van der Waals surface area contributed by atoms with E-state index in [0.717, 1.165) is 24.1 Å². The van der Waals surface area contributed by atoms with E-state index in [-0.39, 0.29) is 23.6 Å². The number of rotatable bonds is 3. The Morgan fingerprint density at radius 2 is 2.03 bits per heavy atom. The molecule has 0 bridgehead atoms. The molecule has 1 saturated heterocycles. The predicted molar refractivity (Wildman–Crippen MR) is 107 cm³/mol. The number of phenolic OH excluding ortho intramolecular Hbond substituents is 1. The summed E-state index contributed by atoms with van der Waals surface area (Å²) in [4.78, 5) is 26.7. The van der Waals surface area contributed by atoms with Gasteiger partial charge in [-0.25, -0.2) is 4.79 Å². The maximum atomic E-state index is 13.1. The van der Waals surface area contributed by atoms with Crippen LogP contribution in [0, 0.1) is 5.92 Å². The highest BCUT2D eigenvalue weighted by molar-refractivity contribution is 6.36. The van der Waals surface area contributed by atoms with Gasteiger partial charge in [-0.2, -0.15) is 9.78 Å². The number of aryl methyl sites for hydroxylation is 1. The van der Waals surface area contributed by atoms with Gasteiger partial charge in [0, 0.05) is 34.7 Å². The zero-order valence-electron chi connectivity index (χ0n) is 15.9. The monoisotopic (exact) mass is 437 g/mol. The molecular weight excluding hydrogens is 417 g/mol. The zero-order chi connectivity index (χ0) is 20.7. The molecule has 1 aromatic carbocycles. The second kappa shape index (κ2) is 7.88. The number of carbonyl (C=O) groups is 2. The van der Waals surface area contributed by atoms with Crippen LogP contribution in [-0.4, -0.2) is 51.5 Å². The lowest BCUT2D eigenvalue weighted by Gasteiger charge is -2.31. The maximum absolute atomic E-state index is 13.1. The Bertz CT molecular complexity index is 952. The van der Waals surface area contributed by atoms with Crippen LogP contribution in [0.3, 0.4) is 0 Å². The fourth-order valence-electron chi connectivity index (χ4n) is 4.28. The largest absolute Gasteiger partial charge is 0.508 e. The molecule has 1 unspecified atom stereocenters. The minimum absolute atomic E-state index is 0.00800. The minimum Gasteiger partial charge on any atom is -0.508 e. The van der Waals surface area contributed by atoms with Crippen molar-refractivity contribution in [3.63, 3.8) is 0 Å². The summed E-state index contributed by atoms with van der Waals surface area (Å²) in [7, 11) is 1.32. The summed E-state index contributed by atoms with van der Waals surface area (Å²) in [5, 5.41) is 14.6. The molecule has 0 spiro atoms. The normalized spacial score (nSPS) is 21.3. The summed E-state index contributed by atoms with van der Waals surface area (Å²) in [5.74, 6) is -0.0820. The number of carbonyl (C=O) groups excluding carboxylic acids is 2. The van der Waals surface area contributed by atoms with E-state index in [1.165, 1.54) is 23.9 Å². The molecule has 9 heteroatoms. The molecule has 1 N–H and O–H groups in total. The standard InChI is InChI=1S/C20H21Cl2N3O4/c1-29-20(28)25-10-12-6-13(2-3-18(12)23-25)24-5-4-11(19(24)27)7-15-16(21)8-14(26)9-17(15)22/h8-11,13,26H,2-7H2,1H3/t11-,13?/m0/s1. The molecule has 1 aliphatic heterocycles. The van der Waals surface area contributed by atoms with Gasteiger partial charge < -0.3 is 14.7 Å². The number of fused-ring (bicyclic) bond motifs is 1. The quantitative estimate of drug-likeness (QED) is 0.794. The van der Waals surface area contributed by atoms with Gasteiger partial charge in [0.1, 0.15) is 5.75 Å². The van der Waals surface area contributed by atoms with E-state index < -0.39 is 6.09 Å². The van der Waals surface area contributed by atoms with E-state index in [9.17, 15) is 14.7 Å². The number of aromatic nitrogens is 2. The maximum Gasteiger partial charge on any atom is 0.434 e. The first-order chi connectivity index (χ1) is 13.9. The fourth-order valence-corrected chi connectivity index (χ4v) is 4.91. The molecule has 1 fully saturated rings. The van der Waals surface area contributed by atoms with Crippen LogP contribution in [0.1, 0.15) is 29.7 Å². The van der Waals surface area contributed by atoms with Crippen LogP contribution >= 0.6 is 23.2 Å². The summed E-state index contributed by atoms with van der Waals surface area (Å²) >= 11 is 12.5. The van der Waals surface area contributed by atoms with Gasteiger partial charge in [0.2, 0.25) is 5.91 Å². The van der Waals surface area contributed by atoms with E-state index in [0.29, 0.717) is 41.4 Å². The average molecular weight is 438 g/mol. The van der Waals surface area contributed by atoms with E-state index in [1.54, 1.807) is 6.20 Å². The van der Waals surface area contributed by atoms with Crippen LogP contribution in [0.4, 0.5) is 4.79 Å². The number of methoxy groups -OCH3 is 1. The van der Waals surface area contributed by atoms with Crippen molar-refractivity contribution in [3.8, 4) is 5.75 Å². The number of ether oxygens (including phenoxy) is 1. The Kier molecular flexibility index (Phi) is 5.44. The van der Waals surface area contributed by atoms with Gasteiger partial charge in [0.15, 0.2) is 0 Å². The van der Waals surface area contributed by atoms with Crippen LogP contribution in [0.25, 0.3) is 0 Å². The lowest BCUT2D eigenvalue weighted by Crippen LogP contribution is -2.41. The van der Waals surface area contributed by atoms with Crippen molar-refractivity contribution in [2.75, 3.05) is 13.7 Å². The first-order valence-electron chi connectivity index (χ1n) is 9.50. The van der Waals surface area contributed by atoms with Crippen LogP contribution in [0.5, 0.6) is 5.75 Å². The summed E-state index contributed by atoms with van der Waals surface area (Å²) in [6.07, 6.45) is 4.56. The van der Waals surface area contributed by atoms with Crippen molar-refractivity contribution >= 4 is 35.2 Å². The summed E-state index contributed by atoms with van der Waals surface area (Å²) in [6, 6.07) is 2.98. The minimum atomic E-state index is -0.518. The van der Waals surface area contributed by atoms with Crippen LogP contribution in [-0.2, 0) is 28.8 Å². The van der Waals surface area contributed by atoms with E-state index in [1.807, 2.05) is 4.90 Å². The molecule has 0 saturated carbocycles. The lowest BCUT2D eigenvalue weighted by molar-refractivity contribution is -0.133. The van der Waals surface area contributed by atoms with E-state index in [2.05, 4.69) is 5.10 Å². The molecule has 4 rings (SSSR count). The van der Waals surface area contributed by atoms with Crippen molar-refractivity contribution in [3.05, 3.63) is 45.2 Å². The van der Waals surface area contributed by atoms with Gasteiger partial charge in [-0.05, 0) is 55.4 Å². The number of likely N-dealkylation sites (tertiary alicyclic amines) is 1. The molecule has 29 heavy (non-hydrogen) atoms. The summed E-state index contributed by atoms with van der Waals surface area (Å²) in [5.41, 5.74) is 2.56. The lowest BCUT2D eigenvalue weighted by atomic mass is 9.92. The van der Waals surface area contributed by atoms with Crippen molar-refractivity contribution < 1.29 is 19.4 Å². The Labute approximate surface area is 178 Å². The summed E-state index contributed by atoms with van der Waals surface area (Å²) < 4.78 is 5.93. The van der Waals surface area contributed by atoms with Crippen molar-refractivity contribution in [1.29, 1.82) is 0 Å². The molecule has 1 amide bonds. The second-order valence-electron chi connectivity index (χ2n) is 7.52. The highest BCUT2D eigenvalue weighted by Gasteiger charge is 2.38. The van der Waals surface area contributed by atoms with Gasteiger partial charge in [0.05, 0.1) is 12.8 Å². The van der Waals surface area contributed by atoms with Crippen LogP contribution in [0.2, 0.25) is 10.0 Å². The number of amides is 1. The molecule has 2 heterocycles. The van der Waals surface area contributed by atoms with E-state index >= 15 is 0 Å².